The Kier molecular flexibility index (Phi) is 3.69. The molecule has 1 unspecified atom stereocenters. The number of hydrogen-bond donors (Lipinski definition) is 3. The van der Waals surface area contributed by atoms with E-state index in [1.54, 1.807) is 6.92 Å². The Labute approximate surface area is 70.9 Å². The van der Waals surface area contributed by atoms with Crippen LogP contribution >= 0.6 is 0 Å². The number of hydrogen-bond acceptors (Lipinski definition) is 3. The van der Waals surface area contributed by atoms with Crippen LogP contribution in [-0.4, -0.2) is 29.1 Å². The number of aliphatic carboxylic acids is 1. The van der Waals surface area contributed by atoms with Crippen LogP contribution in [0.3, 0.4) is 0 Å². The van der Waals surface area contributed by atoms with Crippen LogP contribution in [0.5, 0.6) is 0 Å². The summed E-state index contributed by atoms with van der Waals surface area (Å²) in [5.74, 6) is -1.25. The van der Waals surface area contributed by atoms with Crippen molar-refractivity contribution in [3.05, 3.63) is 0 Å². The number of carbonyl (C=O) groups excluding carboxylic acids is 1. The van der Waals surface area contributed by atoms with Crippen molar-refractivity contribution in [2.75, 3.05) is 6.54 Å². The largest absolute Gasteiger partial charge is 0.481 e. The van der Waals surface area contributed by atoms with Crippen molar-refractivity contribution in [3.8, 4) is 0 Å². The normalized spacial score (nSPS) is 14.9. The van der Waals surface area contributed by atoms with Gasteiger partial charge in [-0.3, -0.25) is 9.59 Å². The second-order valence-corrected chi connectivity index (χ2v) is 3.02. The minimum Gasteiger partial charge on any atom is -0.481 e. The molecule has 0 aliphatic carbocycles. The highest BCUT2D eigenvalue weighted by atomic mass is 16.4. The lowest BCUT2D eigenvalue weighted by Gasteiger charge is -2.26. The maximum absolute atomic E-state index is 10.6. The summed E-state index contributed by atoms with van der Waals surface area (Å²) < 4.78 is 0. The summed E-state index contributed by atoms with van der Waals surface area (Å²) in [5.41, 5.74) is 4.49. The smallest absolute Gasteiger partial charge is 0.305 e. The summed E-state index contributed by atoms with van der Waals surface area (Å²) >= 11 is 0. The third-order valence-electron chi connectivity index (χ3n) is 1.47. The Morgan fingerprint density at radius 3 is 2.33 bits per heavy atom. The Morgan fingerprint density at radius 1 is 1.58 bits per heavy atom. The van der Waals surface area contributed by atoms with Gasteiger partial charge in [-0.15, -0.1) is 0 Å². The topological polar surface area (TPSA) is 92.4 Å². The molecule has 0 heterocycles. The number of amides is 1. The molecule has 0 saturated carbocycles. The zero-order valence-electron chi connectivity index (χ0n) is 7.26. The van der Waals surface area contributed by atoms with Crippen molar-refractivity contribution in [2.45, 2.75) is 25.8 Å². The van der Waals surface area contributed by atoms with Gasteiger partial charge in [0.2, 0.25) is 5.91 Å². The van der Waals surface area contributed by atoms with Crippen LogP contribution in [-0.2, 0) is 9.59 Å². The quantitative estimate of drug-likeness (QED) is 0.526. The Morgan fingerprint density at radius 2 is 2.08 bits per heavy atom. The van der Waals surface area contributed by atoms with E-state index in [1.165, 1.54) is 6.92 Å². The van der Waals surface area contributed by atoms with Gasteiger partial charge in [-0.1, -0.05) is 0 Å². The van der Waals surface area contributed by atoms with Crippen molar-refractivity contribution in [2.24, 2.45) is 5.73 Å². The molecule has 0 radical (unpaired) electrons. The molecule has 1 atom stereocenters. The first kappa shape index (κ1) is 10.9. The summed E-state index contributed by atoms with van der Waals surface area (Å²) in [6.07, 6.45) is -0.164. The summed E-state index contributed by atoms with van der Waals surface area (Å²) in [7, 11) is 0. The highest BCUT2D eigenvalue weighted by molar-refractivity contribution is 5.76. The van der Waals surface area contributed by atoms with Gasteiger partial charge in [-0.05, 0) is 6.92 Å². The third kappa shape index (κ3) is 3.92. The molecule has 0 aromatic rings. The molecule has 5 heteroatoms. The van der Waals surface area contributed by atoms with Crippen molar-refractivity contribution >= 4 is 11.9 Å². The lowest BCUT2D eigenvalue weighted by atomic mass is 9.98. The minimum atomic E-state index is -0.975. The molecule has 0 aromatic carbocycles. The maximum Gasteiger partial charge on any atom is 0.305 e. The molecule has 0 bridgehead atoms. The van der Waals surface area contributed by atoms with Crippen molar-refractivity contribution < 1.29 is 14.7 Å². The Balaban J connectivity index is 4.23. The van der Waals surface area contributed by atoms with Gasteiger partial charge in [0, 0.05) is 13.5 Å². The summed E-state index contributed by atoms with van der Waals surface area (Å²) in [6, 6.07) is 0. The maximum atomic E-state index is 10.6. The van der Waals surface area contributed by atoms with Crippen LogP contribution < -0.4 is 11.1 Å². The van der Waals surface area contributed by atoms with E-state index in [4.69, 9.17) is 10.8 Å². The van der Waals surface area contributed by atoms with Gasteiger partial charge in [0.25, 0.3) is 0 Å². The van der Waals surface area contributed by atoms with E-state index in [0.29, 0.717) is 0 Å². The van der Waals surface area contributed by atoms with Crippen LogP contribution in [0.15, 0.2) is 0 Å². The molecule has 0 spiro atoms. The average Bonchev–Trinajstić information content (AvgIpc) is 1.83. The van der Waals surface area contributed by atoms with E-state index < -0.39 is 11.5 Å². The van der Waals surface area contributed by atoms with Gasteiger partial charge in [0.1, 0.15) is 0 Å². The molecule has 4 N–H and O–H groups in total. The first-order valence-electron chi connectivity index (χ1n) is 3.60. The van der Waals surface area contributed by atoms with Crippen LogP contribution in [0.4, 0.5) is 0 Å². The second kappa shape index (κ2) is 4.06. The molecule has 70 valence electrons. The van der Waals surface area contributed by atoms with E-state index in [9.17, 15) is 9.59 Å². The first-order chi connectivity index (χ1) is 5.39. The van der Waals surface area contributed by atoms with E-state index >= 15 is 0 Å². The molecule has 0 fully saturated rings. The summed E-state index contributed by atoms with van der Waals surface area (Å²) in [4.78, 5) is 21.0. The Hall–Kier alpha value is -1.10. The van der Waals surface area contributed by atoms with Crippen LogP contribution in [0.25, 0.3) is 0 Å². The minimum absolute atomic E-state index is 0.110. The zero-order valence-corrected chi connectivity index (χ0v) is 7.26. The lowest BCUT2D eigenvalue weighted by molar-refractivity contribution is -0.138. The molecular formula is C7H14N2O3. The van der Waals surface area contributed by atoms with Gasteiger partial charge in [0.05, 0.1) is 12.0 Å². The monoisotopic (exact) mass is 174 g/mol. The van der Waals surface area contributed by atoms with E-state index in [2.05, 4.69) is 5.32 Å². The Bertz CT molecular complexity index is 175. The fraction of sp³-hybridized carbons (Fsp3) is 0.714. The number of rotatable bonds is 4. The predicted molar refractivity (Wildman–Crippen MR) is 43.5 cm³/mol. The highest BCUT2D eigenvalue weighted by Gasteiger charge is 2.26. The predicted octanol–water partition coefficient (Wildman–Crippen LogP) is -0.685. The molecule has 0 aliphatic rings. The highest BCUT2D eigenvalue weighted by Crippen LogP contribution is 2.06. The van der Waals surface area contributed by atoms with Crippen molar-refractivity contribution in [1.29, 1.82) is 0 Å². The number of carboxylic acid groups (broad SMARTS) is 1. The third-order valence-corrected chi connectivity index (χ3v) is 1.47. The number of nitrogens with two attached hydrogens (primary N) is 1. The molecule has 0 saturated heterocycles. The van der Waals surface area contributed by atoms with Gasteiger partial charge in [-0.25, -0.2) is 0 Å². The van der Waals surface area contributed by atoms with Gasteiger partial charge in [0.15, 0.2) is 0 Å². The number of nitrogens with one attached hydrogen (secondary N) is 1. The molecule has 1 amide bonds. The number of carbonyl (C=O) groups is 2. The molecule has 5 nitrogen and oxygen atoms in total. The first-order valence-corrected chi connectivity index (χ1v) is 3.60. The van der Waals surface area contributed by atoms with Gasteiger partial charge in [-0.2, -0.15) is 0 Å². The van der Waals surface area contributed by atoms with E-state index in [0.717, 1.165) is 0 Å². The molecule has 12 heavy (non-hydrogen) atoms. The van der Waals surface area contributed by atoms with E-state index in [-0.39, 0.29) is 18.9 Å². The molecule has 0 aromatic heterocycles. The average molecular weight is 174 g/mol. The molecule has 0 aliphatic heterocycles. The lowest BCUT2D eigenvalue weighted by Crippen LogP contribution is -2.51. The van der Waals surface area contributed by atoms with Crippen molar-refractivity contribution in [1.82, 2.24) is 5.32 Å². The second-order valence-electron chi connectivity index (χ2n) is 3.02. The number of carboxylic acids is 1. The van der Waals surface area contributed by atoms with Crippen LogP contribution in [0, 0.1) is 0 Å². The standard InChI is InChI=1S/C7H14N2O3/c1-5(10)9-7(2,4-8)3-6(11)12/h3-4,8H2,1-2H3,(H,9,10)(H,11,12). The molecule has 0 rings (SSSR count). The van der Waals surface area contributed by atoms with Crippen LogP contribution in [0.1, 0.15) is 20.3 Å². The fourth-order valence-corrected chi connectivity index (χ4v) is 0.926. The van der Waals surface area contributed by atoms with E-state index in [1.807, 2.05) is 0 Å². The molecular weight excluding hydrogens is 160 g/mol. The van der Waals surface area contributed by atoms with Gasteiger partial charge < -0.3 is 16.2 Å². The van der Waals surface area contributed by atoms with Gasteiger partial charge >= 0.3 is 5.97 Å². The summed E-state index contributed by atoms with van der Waals surface area (Å²) in [6.45, 7) is 3.04. The van der Waals surface area contributed by atoms with Crippen LogP contribution in [0.2, 0.25) is 0 Å². The zero-order chi connectivity index (χ0) is 9.78. The SMILES string of the molecule is CC(=O)NC(C)(CN)CC(=O)O. The fourth-order valence-electron chi connectivity index (χ4n) is 0.926. The summed E-state index contributed by atoms with van der Waals surface area (Å²) in [5, 5.41) is 11.0. The van der Waals surface area contributed by atoms with Crippen molar-refractivity contribution in [3.63, 3.8) is 0 Å².